The van der Waals surface area contributed by atoms with Gasteiger partial charge < -0.3 is 44.1 Å². The third-order valence-electron chi connectivity index (χ3n) is 16.5. The molecule has 7 fully saturated rings. The lowest BCUT2D eigenvalue weighted by atomic mass is 9.45. The number of rotatable bonds is 14. The van der Waals surface area contributed by atoms with Crippen molar-refractivity contribution in [2.75, 3.05) is 32.8 Å². The Hall–Kier alpha value is -3.97. The lowest BCUT2D eigenvalue weighted by Gasteiger charge is -2.63. The van der Waals surface area contributed by atoms with Gasteiger partial charge in [0.25, 0.3) is 5.91 Å². The Labute approximate surface area is 412 Å². The van der Waals surface area contributed by atoms with Gasteiger partial charge in [0, 0.05) is 61.6 Å². The number of Topliss-reactive ketones (excluding diaryl/α,β-unsaturated/α-hetero) is 2. The monoisotopic (exact) mass is 973 g/mol. The summed E-state index contributed by atoms with van der Waals surface area (Å²) in [6.45, 7) is 18.0. The standard InChI is InChI=1S/C54H76N4O12/c1-30(2)16-15-21-52(8)22-20-34-45(68-52)33(18-17-31(3)4)47-38(46(34)67-50-44(63)43(62)41(60)36(29-59)66-50)42(61)39-40(55-57-24-11-9-12-25-57)35-28-37-51(6,7)70-53(48(35)64,54(37,39)69-47)23-19-32(5)49(65)56-58-26-13-10-14-27-58/h16-17,19-20,22,35-37,39-41,43-44,50,55,59-60,62-63H,9-15,18,21,23-29H2,1-8H3,(H,56,65)/b32-19-/t35?,36-,37?,39?,40?,41-,43+,44-,50+,52?,53?,54?/m1/s1. The Kier molecular flexibility index (Phi) is 14.2. The molecule has 16 nitrogen and oxygen atoms in total. The van der Waals surface area contributed by atoms with Crippen LogP contribution in [0.1, 0.15) is 141 Å². The fourth-order valence-electron chi connectivity index (χ4n) is 12.8. The topological polar surface area (TPSA) is 209 Å². The maximum absolute atomic E-state index is 16.6. The van der Waals surface area contributed by atoms with Crippen molar-refractivity contribution in [2.24, 2.45) is 17.8 Å². The summed E-state index contributed by atoms with van der Waals surface area (Å²) in [6, 6.07) is -0.719. The molecule has 12 atom stereocenters. The molecule has 6 heterocycles. The molecule has 16 heteroatoms. The van der Waals surface area contributed by atoms with Gasteiger partial charge in [-0.1, -0.05) is 42.2 Å². The number of ketones is 2. The van der Waals surface area contributed by atoms with Crippen molar-refractivity contribution in [2.45, 2.75) is 185 Å². The number of piperidine rings is 2. The Bertz CT molecular complexity index is 2340. The molecule has 1 spiro atoms. The smallest absolute Gasteiger partial charge is 0.260 e. The van der Waals surface area contributed by atoms with Gasteiger partial charge in [-0.15, -0.1) is 0 Å². The first-order chi connectivity index (χ1) is 33.3. The molecule has 10 rings (SSSR count). The Morgan fingerprint density at radius 1 is 0.857 bits per heavy atom. The Morgan fingerprint density at radius 3 is 2.19 bits per heavy atom. The molecule has 3 saturated carbocycles. The second-order valence-corrected chi connectivity index (χ2v) is 22.4. The van der Waals surface area contributed by atoms with Crippen molar-refractivity contribution in [3.8, 4) is 17.2 Å². The van der Waals surface area contributed by atoms with Gasteiger partial charge in [-0.05, 0) is 119 Å². The summed E-state index contributed by atoms with van der Waals surface area (Å²) < 4.78 is 34.9. The van der Waals surface area contributed by atoms with Gasteiger partial charge in [0.1, 0.15) is 52.8 Å². The Balaban J connectivity index is 1.26. The lowest BCUT2D eigenvalue weighted by molar-refractivity contribution is -0.277. The van der Waals surface area contributed by atoms with Gasteiger partial charge in [-0.3, -0.25) is 25.2 Å². The van der Waals surface area contributed by atoms with E-state index in [4.69, 9.17) is 23.7 Å². The predicted molar refractivity (Wildman–Crippen MR) is 261 cm³/mol. The van der Waals surface area contributed by atoms with Crippen molar-refractivity contribution < 1.29 is 58.5 Å². The van der Waals surface area contributed by atoms with Gasteiger partial charge >= 0.3 is 0 Å². The normalized spacial score (nSPS) is 36.6. The van der Waals surface area contributed by atoms with E-state index in [0.29, 0.717) is 35.3 Å². The number of hydrazine groups is 2. The number of carbonyl (C=O) groups excluding carboxylic acids is 3. The molecule has 0 radical (unpaired) electrons. The quantitative estimate of drug-likeness (QED) is 0.105. The number of aliphatic hydroxyl groups excluding tert-OH is 4. The first-order valence-corrected chi connectivity index (χ1v) is 25.8. The number of aliphatic hydroxyl groups is 4. The van der Waals surface area contributed by atoms with Gasteiger partial charge in [0.15, 0.2) is 22.8 Å². The molecule has 4 saturated heterocycles. The molecule has 4 bridgehead atoms. The number of nitrogens with zero attached hydrogens (tertiary/aromatic N) is 2. The Morgan fingerprint density at radius 2 is 1.53 bits per heavy atom. The zero-order valence-electron chi connectivity index (χ0n) is 42.3. The van der Waals surface area contributed by atoms with E-state index in [0.717, 1.165) is 76.7 Å². The number of allylic oxidation sites excluding steroid dienone is 4. The third-order valence-corrected chi connectivity index (χ3v) is 16.5. The van der Waals surface area contributed by atoms with E-state index in [1.54, 1.807) is 13.0 Å². The third kappa shape index (κ3) is 8.70. The minimum atomic E-state index is -1.80. The van der Waals surface area contributed by atoms with E-state index in [9.17, 15) is 25.2 Å². The second-order valence-electron chi connectivity index (χ2n) is 22.4. The maximum Gasteiger partial charge on any atom is 0.260 e. The fourth-order valence-corrected chi connectivity index (χ4v) is 12.8. The minimum absolute atomic E-state index is 0.0195. The maximum atomic E-state index is 16.6. The highest BCUT2D eigenvalue weighted by atomic mass is 16.7. The highest BCUT2D eigenvalue weighted by Crippen LogP contribution is 2.70. The first-order valence-electron chi connectivity index (χ1n) is 25.8. The van der Waals surface area contributed by atoms with Gasteiger partial charge in [0.2, 0.25) is 6.29 Å². The van der Waals surface area contributed by atoms with E-state index < -0.39 is 83.5 Å². The first kappa shape index (κ1) is 51.0. The molecule has 70 heavy (non-hydrogen) atoms. The number of hydrogen-bond acceptors (Lipinski definition) is 15. The zero-order valence-corrected chi connectivity index (χ0v) is 42.3. The molecule has 1 amide bonds. The summed E-state index contributed by atoms with van der Waals surface area (Å²) in [5.74, 6) is -2.47. The van der Waals surface area contributed by atoms with Crippen molar-refractivity contribution in [1.29, 1.82) is 0 Å². The van der Waals surface area contributed by atoms with Gasteiger partial charge in [-0.25, -0.2) is 10.0 Å². The predicted octanol–water partition coefficient (Wildman–Crippen LogP) is 5.19. The van der Waals surface area contributed by atoms with Crippen LogP contribution in [0.25, 0.3) is 6.08 Å². The molecule has 6 N–H and O–H groups in total. The highest BCUT2D eigenvalue weighted by molar-refractivity contribution is 6.10. The number of ether oxygens (including phenoxy) is 5. The van der Waals surface area contributed by atoms with Crippen molar-refractivity contribution >= 4 is 23.5 Å². The average Bonchev–Trinajstić information content (AvgIpc) is 3.46. The molecule has 6 aliphatic heterocycles. The molecule has 3 aliphatic carbocycles. The van der Waals surface area contributed by atoms with Gasteiger partial charge in [-0.2, -0.15) is 0 Å². The second kappa shape index (κ2) is 19.5. The summed E-state index contributed by atoms with van der Waals surface area (Å²) in [6.07, 6.45) is 9.61. The largest absolute Gasteiger partial charge is 0.482 e. The van der Waals surface area contributed by atoms with Crippen LogP contribution >= 0.6 is 0 Å². The van der Waals surface area contributed by atoms with E-state index in [1.807, 2.05) is 71.7 Å². The van der Waals surface area contributed by atoms with Crippen molar-refractivity contribution in [1.82, 2.24) is 20.9 Å². The van der Waals surface area contributed by atoms with E-state index in [1.165, 1.54) is 5.57 Å². The van der Waals surface area contributed by atoms with Crippen LogP contribution in [-0.4, -0.2) is 140 Å². The van der Waals surface area contributed by atoms with E-state index in [2.05, 4.69) is 21.9 Å². The number of nitrogens with one attached hydrogen (secondary N) is 2. The van der Waals surface area contributed by atoms with Crippen LogP contribution < -0.4 is 25.1 Å². The minimum Gasteiger partial charge on any atom is -0.482 e. The van der Waals surface area contributed by atoms with Crippen molar-refractivity contribution in [3.05, 3.63) is 57.7 Å². The number of benzene rings is 1. The summed E-state index contributed by atoms with van der Waals surface area (Å²) in [5.41, 5.74) is 5.27. The van der Waals surface area contributed by atoms with Gasteiger partial charge in [0.05, 0.1) is 23.7 Å². The molecular formula is C54H76N4O12. The number of hydrogen-bond donors (Lipinski definition) is 6. The van der Waals surface area contributed by atoms with Crippen LogP contribution in [0.2, 0.25) is 0 Å². The van der Waals surface area contributed by atoms with E-state index >= 15 is 9.59 Å². The molecular weight excluding hydrogens is 897 g/mol. The number of amides is 1. The lowest BCUT2D eigenvalue weighted by Crippen LogP contribution is -2.82. The fraction of sp³-hybridized carbons (Fsp3) is 0.685. The molecule has 1 aromatic rings. The van der Waals surface area contributed by atoms with E-state index in [-0.39, 0.29) is 47.4 Å². The molecule has 1 aromatic carbocycles. The molecule has 0 aromatic heterocycles. The number of carbonyl (C=O) groups is 3. The van der Waals surface area contributed by atoms with Crippen LogP contribution in [0.3, 0.4) is 0 Å². The average molecular weight is 973 g/mol. The molecule has 7 unspecified atom stereocenters. The SMILES string of the molecule is CC(C)=CCCC1(C)C=Cc2c(c(CC=C(C)C)c3c(c2O[C@@H]2O[C@H](CO)[C@@H](O)[C@H](O)[C@H]2O)C(=O)C2C(NN4CCCCC4)C4CC5C(C)(C)OC(C/C=C(/C)C(=O)NN6CCCCC6)(C4=O)C25O3)O1. The molecule has 384 valence electrons. The van der Waals surface area contributed by atoms with Crippen LogP contribution in [0.5, 0.6) is 17.2 Å². The van der Waals surface area contributed by atoms with Crippen LogP contribution in [0.15, 0.2) is 41.0 Å². The summed E-state index contributed by atoms with van der Waals surface area (Å²) in [7, 11) is 0. The summed E-state index contributed by atoms with van der Waals surface area (Å²) >= 11 is 0. The van der Waals surface area contributed by atoms with Crippen molar-refractivity contribution in [3.63, 3.8) is 0 Å². The summed E-state index contributed by atoms with van der Waals surface area (Å²) in [4.78, 5) is 46.3. The summed E-state index contributed by atoms with van der Waals surface area (Å²) in [5, 5.41) is 47.6. The van der Waals surface area contributed by atoms with Crippen LogP contribution in [-0.2, 0) is 25.5 Å². The molecule has 9 aliphatic rings. The zero-order chi connectivity index (χ0) is 50.1. The van der Waals surface area contributed by atoms with Crippen LogP contribution in [0.4, 0.5) is 0 Å². The number of fused-ring (bicyclic) bond motifs is 2. The highest BCUT2D eigenvalue weighted by Gasteiger charge is 2.85. The van der Waals surface area contributed by atoms with Crippen LogP contribution in [0, 0.1) is 17.8 Å².